The summed E-state index contributed by atoms with van der Waals surface area (Å²) < 4.78 is 1.91. The van der Waals surface area contributed by atoms with Gasteiger partial charge in [-0.25, -0.2) is 4.79 Å². The van der Waals surface area contributed by atoms with Gasteiger partial charge in [0.25, 0.3) is 5.56 Å². The Hall–Kier alpha value is -3.26. The minimum Gasteiger partial charge on any atom is -0.477 e. The molecule has 0 aliphatic carbocycles. The molecule has 2 aliphatic heterocycles. The Bertz CT molecular complexity index is 1120. The van der Waals surface area contributed by atoms with E-state index in [1.54, 1.807) is 24.7 Å². The van der Waals surface area contributed by atoms with E-state index in [0.29, 0.717) is 24.6 Å². The second kappa shape index (κ2) is 6.97. The van der Waals surface area contributed by atoms with Crippen LogP contribution in [0.2, 0.25) is 0 Å². The number of nitrogens with zero attached hydrogens (tertiary/aromatic N) is 4. The minimum absolute atomic E-state index is 0.0347. The highest BCUT2D eigenvalue weighted by Crippen LogP contribution is 2.37. The summed E-state index contributed by atoms with van der Waals surface area (Å²) in [7, 11) is 0. The Kier molecular flexibility index (Phi) is 4.28. The van der Waals surface area contributed by atoms with Crippen molar-refractivity contribution in [2.24, 2.45) is 5.92 Å². The molecular formula is C21H21N5O3. The molecule has 5 heterocycles. The molecule has 148 valence electrons. The third kappa shape index (κ3) is 3.25. The molecule has 0 spiro atoms. The molecule has 2 bridgehead atoms. The van der Waals surface area contributed by atoms with E-state index in [9.17, 15) is 14.7 Å². The molecule has 0 amide bonds. The fourth-order valence-corrected chi connectivity index (χ4v) is 4.74. The van der Waals surface area contributed by atoms with Crippen LogP contribution in [0, 0.1) is 5.92 Å². The third-order valence-electron chi connectivity index (χ3n) is 5.95. The van der Waals surface area contributed by atoms with Crippen molar-refractivity contribution in [2.75, 3.05) is 13.1 Å². The van der Waals surface area contributed by atoms with Gasteiger partial charge in [-0.05, 0) is 30.0 Å². The second-order valence-corrected chi connectivity index (χ2v) is 7.93. The van der Waals surface area contributed by atoms with Gasteiger partial charge in [-0.3, -0.25) is 19.8 Å². The molecule has 3 aromatic rings. The molecule has 1 fully saturated rings. The summed E-state index contributed by atoms with van der Waals surface area (Å²) in [5, 5.41) is 15.8. The number of rotatable bonds is 4. The fraction of sp³-hybridized carbons (Fsp3) is 0.333. The van der Waals surface area contributed by atoms with E-state index in [2.05, 4.69) is 26.1 Å². The first-order valence-corrected chi connectivity index (χ1v) is 9.71. The number of pyridine rings is 2. The molecule has 1 saturated heterocycles. The zero-order valence-corrected chi connectivity index (χ0v) is 15.8. The van der Waals surface area contributed by atoms with Gasteiger partial charge in [0.1, 0.15) is 5.69 Å². The van der Waals surface area contributed by atoms with Crippen molar-refractivity contribution in [2.45, 2.75) is 25.4 Å². The number of aromatic nitrogens is 4. The number of carboxylic acid groups (broad SMARTS) is 1. The van der Waals surface area contributed by atoms with Crippen LogP contribution in [0.3, 0.4) is 0 Å². The maximum absolute atomic E-state index is 12.8. The summed E-state index contributed by atoms with van der Waals surface area (Å²) in [6.07, 6.45) is 6.13. The number of carboxylic acids is 1. The maximum atomic E-state index is 12.8. The van der Waals surface area contributed by atoms with Crippen LogP contribution in [0.4, 0.5) is 0 Å². The molecule has 8 heteroatoms. The number of likely N-dealkylation sites (tertiary alicyclic amines) is 1. The van der Waals surface area contributed by atoms with Crippen LogP contribution in [-0.2, 0) is 13.1 Å². The number of fused-ring (bicyclic) bond motifs is 4. The number of carbonyl (C=O) groups is 1. The van der Waals surface area contributed by atoms with E-state index in [-0.39, 0.29) is 17.2 Å². The summed E-state index contributed by atoms with van der Waals surface area (Å²) in [6, 6.07) is 7.65. The van der Waals surface area contributed by atoms with Crippen LogP contribution in [0.1, 0.15) is 34.1 Å². The molecule has 5 rings (SSSR count). The van der Waals surface area contributed by atoms with Crippen molar-refractivity contribution in [3.05, 3.63) is 70.2 Å². The highest BCUT2D eigenvalue weighted by molar-refractivity contribution is 5.86. The van der Waals surface area contributed by atoms with Gasteiger partial charge in [0, 0.05) is 67.4 Å². The standard InChI is InChI=1S/C21H21N5O3/c27-19-6-15(14-2-1-3-22-7-14)5-18-16-4-13(10-26(18)19)9-25(11-16)12-17-8-23-24-20(17)21(28)29/h1-3,5-8,13,16H,4,9-12H2,(H,23,24)(H,28,29)/t13-,16+/m0/s1. The predicted octanol–water partition coefficient (Wildman–Crippen LogP) is 1.95. The predicted molar refractivity (Wildman–Crippen MR) is 106 cm³/mol. The Morgan fingerprint density at radius 3 is 2.90 bits per heavy atom. The van der Waals surface area contributed by atoms with Crippen molar-refractivity contribution in [3.63, 3.8) is 0 Å². The topological polar surface area (TPSA) is 104 Å². The number of H-pyrrole nitrogens is 1. The summed E-state index contributed by atoms with van der Waals surface area (Å²) in [5.41, 5.74) is 3.77. The van der Waals surface area contributed by atoms with Crippen LogP contribution in [0.25, 0.3) is 11.1 Å². The van der Waals surface area contributed by atoms with Gasteiger partial charge in [0.05, 0.1) is 6.20 Å². The number of aromatic carboxylic acids is 1. The third-order valence-corrected chi connectivity index (χ3v) is 5.95. The van der Waals surface area contributed by atoms with Gasteiger partial charge in [-0.15, -0.1) is 0 Å². The number of hydrogen-bond acceptors (Lipinski definition) is 5. The quantitative estimate of drug-likeness (QED) is 0.705. The molecule has 0 radical (unpaired) electrons. The Morgan fingerprint density at radius 1 is 1.21 bits per heavy atom. The Labute approximate surface area is 166 Å². The zero-order chi connectivity index (χ0) is 20.0. The average Bonchev–Trinajstić information content (AvgIpc) is 3.18. The number of piperidine rings is 1. The molecule has 0 unspecified atom stereocenters. The lowest BCUT2D eigenvalue weighted by molar-refractivity contribution is 0.0685. The molecule has 3 aromatic heterocycles. The zero-order valence-electron chi connectivity index (χ0n) is 15.8. The molecular weight excluding hydrogens is 370 g/mol. The van der Waals surface area contributed by atoms with Gasteiger partial charge in [-0.1, -0.05) is 6.07 Å². The Balaban J connectivity index is 1.45. The summed E-state index contributed by atoms with van der Waals surface area (Å²) in [4.78, 5) is 30.6. The van der Waals surface area contributed by atoms with Gasteiger partial charge < -0.3 is 9.67 Å². The van der Waals surface area contributed by atoms with Gasteiger partial charge >= 0.3 is 5.97 Å². The molecule has 8 nitrogen and oxygen atoms in total. The van der Waals surface area contributed by atoms with E-state index < -0.39 is 5.97 Å². The van der Waals surface area contributed by atoms with E-state index >= 15 is 0 Å². The molecule has 29 heavy (non-hydrogen) atoms. The molecule has 0 aromatic carbocycles. The first-order chi connectivity index (χ1) is 14.1. The minimum atomic E-state index is -0.993. The van der Waals surface area contributed by atoms with Crippen LogP contribution < -0.4 is 5.56 Å². The largest absolute Gasteiger partial charge is 0.477 e. The summed E-state index contributed by atoms with van der Waals surface area (Å²) in [5.74, 6) is -0.372. The fourth-order valence-electron chi connectivity index (χ4n) is 4.74. The van der Waals surface area contributed by atoms with Crippen molar-refractivity contribution in [1.29, 1.82) is 0 Å². The lowest BCUT2D eigenvalue weighted by Crippen LogP contribution is -2.46. The van der Waals surface area contributed by atoms with Crippen LogP contribution in [0.15, 0.2) is 47.7 Å². The van der Waals surface area contributed by atoms with E-state index in [1.165, 1.54) is 0 Å². The van der Waals surface area contributed by atoms with Crippen molar-refractivity contribution < 1.29 is 9.90 Å². The monoisotopic (exact) mass is 391 g/mol. The normalized spacial score (nSPS) is 21.0. The number of aromatic amines is 1. The molecule has 2 atom stereocenters. The molecule has 0 saturated carbocycles. The average molecular weight is 391 g/mol. The summed E-state index contributed by atoms with van der Waals surface area (Å²) in [6.45, 7) is 2.87. The number of nitrogens with one attached hydrogen (secondary N) is 1. The van der Waals surface area contributed by atoms with Crippen molar-refractivity contribution in [3.8, 4) is 11.1 Å². The van der Waals surface area contributed by atoms with E-state index in [1.807, 2.05) is 16.7 Å². The van der Waals surface area contributed by atoms with Gasteiger partial charge in [-0.2, -0.15) is 5.10 Å². The van der Waals surface area contributed by atoms with Gasteiger partial charge in [0.15, 0.2) is 0 Å². The highest BCUT2D eigenvalue weighted by Gasteiger charge is 2.35. The maximum Gasteiger partial charge on any atom is 0.354 e. The lowest BCUT2D eigenvalue weighted by atomic mass is 9.82. The second-order valence-electron chi connectivity index (χ2n) is 7.93. The lowest BCUT2D eigenvalue weighted by Gasteiger charge is -2.43. The van der Waals surface area contributed by atoms with Crippen LogP contribution >= 0.6 is 0 Å². The first kappa shape index (κ1) is 17.8. The van der Waals surface area contributed by atoms with Crippen LogP contribution in [0.5, 0.6) is 0 Å². The van der Waals surface area contributed by atoms with Crippen molar-refractivity contribution >= 4 is 5.97 Å². The Morgan fingerprint density at radius 2 is 2.10 bits per heavy atom. The van der Waals surface area contributed by atoms with E-state index in [0.717, 1.165) is 36.3 Å². The number of hydrogen-bond donors (Lipinski definition) is 2. The summed E-state index contributed by atoms with van der Waals surface area (Å²) >= 11 is 0. The van der Waals surface area contributed by atoms with Crippen molar-refractivity contribution in [1.82, 2.24) is 24.6 Å². The van der Waals surface area contributed by atoms with Crippen LogP contribution in [-0.4, -0.2) is 48.8 Å². The first-order valence-electron chi connectivity index (χ1n) is 9.71. The SMILES string of the molecule is O=C(O)c1[nH]ncc1CN1C[C@@H]2C[C@H](C1)c1cc(-c3cccnc3)cc(=O)n1C2. The van der Waals surface area contributed by atoms with E-state index in [4.69, 9.17) is 0 Å². The molecule has 2 N–H and O–H groups in total. The smallest absolute Gasteiger partial charge is 0.354 e. The van der Waals surface area contributed by atoms with Gasteiger partial charge in [0.2, 0.25) is 0 Å². The molecule has 2 aliphatic rings. The highest BCUT2D eigenvalue weighted by atomic mass is 16.4.